The SMILES string of the molecule is CSCCCN1CC(=O)NCC1C(=O)O. The molecule has 1 amide bonds. The maximum atomic E-state index is 11.1. The van der Waals surface area contributed by atoms with E-state index in [1.54, 1.807) is 16.7 Å². The van der Waals surface area contributed by atoms with Gasteiger partial charge in [0.15, 0.2) is 0 Å². The number of aliphatic carboxylic acids is 1. The summed E-state index contributed by atoms with van der Waals surface area (Å²) in [6.07, 6.45) is 2.93. The summed E-state index contributed by atoms with van der Waals surface area (Å²) in [6, 6.07) is -0.565. The fourth-order valence-corrected chi connectivity index (χ4v) is 2.00. The Morgan fingerprint density at radius 3 is 3.07 bits per heavy atom. The van der Waals surface area contributed by atoms with Gasteiger partial charge in [0.05, 0.1) is 6.54 Å². The van der Waals surface area contributed by atoms with Gasteiger partial charge in [-0.1, -0.05) is 0 Å². The molecule has 0 saturated carbocycles. The average Bonchev–Trinajstić information content (AvgIpc) is 2.18. The van der Waals surface area contributed by atoms with E-state index in [0.29, 0.717) is 6.54 Å². The van der Waals surface area contributed by atoms with E-state index < -0.39 is 12.0 Å². The predicted molar refractivity (Wildman–Crippen MR) is 59.0 cm³/mol. The summed E-state index contributed by atoms with van der Waals surface area (Å²) in [6.45, 7) is 1.09. The van der Waals surface area contributed by atoms with Crippen molar-refractivity contribution < 1.29 is 14.7 Å². The number of thioether (sulfide) groups is 1. The lowest BCUT2D eigenvalue weighted by Gasteiger charge is -2.32. The number of hydrogen-bond donors (Lipinski definition) is 2. The van der Waals surface area contributed by atoms with Crippen LogP contribution in [0.1, 0.15) is 6.42 Å². The zero-order valence-corrected chi connectivity index (χ0v) is 9.55. The summed E-state index contributed by atoms with van der Waals surface area (Å²) in [5.41, 5.74) is 0. The zero-order chi connectivity index (χ0) is 11.3. The van der Waals surface area contributed by atoms with Gasteiger partial charge in [-0.2, -0.15) is 11.8 Å². The van der Waals surface area contributed by atoms with Crippen molar-refractivity contribution in [3.8, 4) is 0 Å². The van der Waals surface area contributed by atoms with Crippen LogP contribution in [0.25, 0.3) is 0 Å². The molecule has 0 spiro atoms. The number of carboxylic acid groups (broad SMARTS) is 1. The molecule has 1 heterocycles. The first-order chi connectivity index (χ1) is 7.15. The molecule has 1 unspecified atom stereocenters. The highest BCUT2D eigenvalue weighted by molar-refractivity contribution is 7.98. The number of nitrogens with one attached hydrogen (secondary N) is 1. The largest absolute Gasteiger partial charge is 0.480 e. The number of carbonyl (C=O) groups is 2. The lowest BCUT2D eigenvalue weighted by molar-refractivity contribution is -0.145. The van der Waals surface area contributed by atoms with Gasteiger partial charge in [-0.25, -0.2) is 0 Å². The molecular formula is C9H16N2O3S. The van der Waals surface area contributed by atoms with Crippen LogP contribution in [-0.4, -0.2) is 59.6 Å². The normalized spacial score (nSPS) is 22.5. The summed E-state index contributed by atoms with van der Waals surface area (Å²) >= 11 is 1.73. The third-order valence-electron chi connectivity index (χ3n) is 2.36. The second-order valence-electron chi connectivity index (χ2n) is 3.47. The second kappa shape index (κ2) is 5.97. The predicted octanol–water partition coefficient (Wildman–Crippen LogP) is -0.375. The molecule has 0 aromatic carbocycles. The van der Waals surface area contributed by atoms with Crippen molar-refractivity contribution in [1.29, 1.82) is 0 Å². The highest BCUT2D eigenvalue weighted by atomic mass is 32.2. The van der Waals surface area contributed by atoms with E-state index in [-0.39, 0.29) is 19.0 Å². The fourth-order valence-electron chi connectivity index (χ4n) is 1.58. The van der Waals surface area contributed by atoms with E-state index in [2.05, 4.69) is 5.32 Å². The van der Waals surface area contributed by atoms with Gasteiger partial charge in [0, 0.05) is 13.1 Å². The Morgan fingerprint density at radius 2 is 2.47 bits per heavy atom. The molecule has 5 nitrogen and oxygen atoms in total. The maximum absolute atomic E-state index is 11.1. The van der Waals surface area contributed by atoms with Gasteiger partial charge in [0.2, 0.25) is 5.91 Å². The van der Waals surface area contributed by atoms with Crippen molar-refractivity contribution in [3.05, 3.63) is 0 Å². The Bertz CT molecular complexity index is 248. The van der Waals surface area contributed by atoms with Gasteiger partial charge in [-0.15, -0.1) is 0 Å². The first-order valence-corrected chi connectivity index (χ1v) is 6.27. The van der Waals surface area contributed by atoms with E-state index in [9.17, 15) is 9.59 Å². The standard InChI is InChI=1S/C9H16N2O3S/c1-15-4-2-3-11-6-8(12)10-5-7(11)9(13)14/h7H,2-6H2,1H3,(H,10,12)(H,13,14). The number of carboxylic acids is 1. The first-order valence-electron chi connectivity index (χ1n) is 4.87. The van der Waals surface area contributed by atoms with Crippen LogP contribution in [-0.2, 0) is 9.59 Å². The fraction of sp³-hybridized carbons (Fsp3) is 0.778. The van der Waals surface area contributed by atoms with Crippen LogP contribution in [0.4, 0.5) is 0 Å². The topological polar surface area (TPSA) is 69.6 Å². The second-order valence-corrected chi connectivity index (χ2v) is 4.46. The highest BCUT2D eigenvalue weighted by Gasteiger charge is 2.30. The van der Waals surface area contributed by atoms with Crippen LogP contribution < -0.4 is 5.32 Å². The molecule has 1 atom stereocenters. The van der Waals surface area contributed by atoms with Gasteiger partial charge in [-0.3, -0.25) is 14.5 Å². The van der Waals surface area contributed by atoms with Gasteiger partial charge < -0.3 is 10.4 Å². The van der Waals surface area contributed by atoms with E-state index in [4.69, 9.17) is 5.11 Å². The molecule has 1 fully saturated rings. The van der Waals surface area contributed by atoms with Crippen LogP contribution in [0.2, 0.25) is 0 Å². The van der Waals surface area contributed by atoms with E-state index in [0.717, 1.165) is 12.2 Å². The molecule has 0 aliphatic carbocycles. The molecule has 0 aromatic rings. The van der Waals surface area contributed by atoms with Crippen LogP contribution >= 0.6 is 11.8 Å². The third kappa shape index (κ3) is 3.71. The molecule has 0 radical (unpaired) electrons. The molecule has 2 N–H and O–H groups in total. The number of rotatable bonds is 5. The summed E-state index contributed by atoms with van der Waals surface area (Å²) in [7, 11) is 0. The number of nitrogens with zero attached hydrogens (tertiary/aromatic N) is 1. The van der Waals surface area contributed by atoms with Crippen molar-refractivity contribution >= 4 is 23.6 Å². The van der Waals surface area contributed by atoms with Crippen LogP contribution in [0.15, 0.2) is 0 Å². The minimum absolute atomic E-state index is 0.0864. The lowest BCUT2D eigenvalue weighted by atomic mass is 10.2. The van der Waals surface area contributed by atoms with Crippen molar-refractivity contribution in [2.75, 3.05) is 31.6 Å². The minimum atomic E-state index is -0.862. The van der Waals surface area contributed by atoms with E-state index in [1.165, 1.54) is 0 Å². The van der Waals surface area contributed by atoms with Crippen LogP contribution in [0, 0.1) is 0 Å². The molecule has 15 heavy (non-hydrogen) atoms. The summed E-state index contributed by atoms with van der Waals surface area (Å²) in [4.78, 5) is 23.8. The molecular weight excluding hydrogens is 216 g/mol. The third-order valence-corrected chi connectivity index (χ3v) is 3.06. The molecule has 1 aliphatic rings. The zero-order valence-electron chi connectivity index (χ0n) is 8.73. The highest BCUT2D eigenvalue weighted by Crippen LogP contribution is 2.06. The Balaban J connectivity index is 2.46. The summed E-state index contributed by atoms with van der Waals surface area (Å²) in [5.74, 6) is 0.0422. The van der Waals surface area contributed by atoms with Gasteiger partial charge in [0.1, 0.15) is 6.04 Å². The molecule has 1 saturated heterocycles. The van der Waals surface area contributed by atoms with E-state index >= 15 is 0 Å². The average molecular weight is 232 g/mol. The molecule has 86 valence electrons. The number of hydrogen-bond acceptors (Lipinski definition) is 4. The Morgan fingerprint density at radius 1 is 1.73 bits per heavy atom. The molecule has 0 aromatic heterocycles. The number of carbonyl (C=O) groups excluding carboxylic acids is 1. The Hall–Kier alpha value is -0.750. The van der Waals surface area contributed by atoms with Crippen molar-refractivity contribution in [2.24, 2.45) is 0 Å². The molecule has 1 rings (SSSR count). The summed E-state index contributed by atoms with van der Waals surface area (Å²) in [5, 5.41) is 11.5. The number of piperazine rings is 1. The van der Waals surface area contributed by atoms with Crippen LogP contribution in [0.3, 0.4) is 0 Å². The van der Waals surface area contributed by atoms with Gasteiger partial charge in [-0.05, 0) is 18.4 Å². The molecule has 1 aliphatic heterocycles. The van der Waals surface area contributed by atoms with Crippen LogP contribution in [0.5, 0.6) is 0 Å². The Kier molecular flexibility index (Phi) is 4.90. The Labute approximate surface area is 93.2 Å². The van der Waals surface area contributed by atoms with Crippen molar-refractivity contribution in [1.82, 2.24) is 10.2 Å². The van der Waals surface area contributed by atoms with Crippen molar-refractivity contribution in [2.45, 2.75) is 12.5 Å². The van der Waals surface area contributed by atoms with Gasteiger partial charge in [0.25, 0.3) is 0 Å². The maximum Gasteiger partial charge on any atom is 0.322 e. The lowest BCUT2D eigenvalue weighted by Crippen LogP contribution is -2.57. The minimum Gasteiger partial charge on any atom is -0.480 e. The smallest absolute Gasteiger partial charge is 0.322 e. The quantitative estimate of drug-likeness (QED) is 0.633. The number of amides is 1. The van der Waals surface area contributed by atoms with E-state index in [1.807, 2.05) is 6.26 Å². The van der Waals surface area contributed by atoms with Gasteiger partial charge >= 0.3 is 5.97 Å². The van der Waals surface area contributed by atoms with Crippen molar-refractivity contribution in [3.63, 3.8) is 0 Å². The molecule has 6 heteroatoms. The summed E-state index contributed by atoms with van der Waals surface area (Å²) < 4.78 is 0. The monoisotopic (exact) mass is 232 g/mol. The first kappa shape index (κ1) is 12.3. The molecule has 0 bridgehead atoms.